The first-order valence-corrected chi connectivity index (χ1v) is 11.2. The molecule has 0 atom stereocenters. The van der Waals surface area contributed by atoms with Crippen LogP contribution in [0.25, 0.3) is 22.5 Å². The summed E-state index contributed by atoms with van der Waals surface area (Å²) in [6, 6.07) is 22.2. The SMILES string of the molecule is Cc1cc(C(C)C)cc(OCC(=O)O)c1-c1cc(-c2ccc(F)cc2)n(Cc2ccccc2)n1. The van der Waals surface area contributed by atoms with Crippen LogP contribution in [0.5, 0.6) is 5.75 Å². The third kappa shape index (κ3) is 5.17. The molecule has 0 spiro atoms. The number of carboxylic acid groups (broad SMARTS) is 1. The molecular formula is C28H27FN2O3. The molecule has 0 aliphatic heterocycles. The molecule has 1 N–H and O–H groups in total. The first-order chi connectivity index (χ1) is 16.3. The average molecular weight is 459 g/mol. The molecule has 0 unspecified atom stereocenters. The Balaban J connectivity index is 1.86. The van der Waals surface area contributed by atoms with E-state index in [9.17, 15) is 14.3 Å². The minimum Gasteiger partial charge on any atom is -0.481 e. The maximum absolute atomic E-state index is 13.6. The van der Waals surface area contributed by atoms with Crippen LogP contribution in [-0.2, 0) is 11.3 Å². The summed E-state index contributed by atoms with van der Waals surface area (Å²) in [4.78, 5) is 11.2. The standard InChI is InChI=1S/C28H27FN2O3/c1-18(2)22-13-19(3)28(26(14-22)34-17-27(32)33)24-15-25(21-9-11-23(29)12-10-21)31(30-24)16-20-7-5-4-6-8-20/h4-15,18H,16-17H2,1-3H3,(H,32,33). The molecule has 4 rings (SSSR count). The van der Waals surface area contributed by atoms with Crippen LogP contribution in [0, 0.1) is 12.7 Å². The highest BCUT2D eigenvalue weighted by atomic mass is 19.1. The Labute approximate surface area is 198 Å². The lowest BCUT2D eigenvalue weighted by molar-refractivity contribution is -0.139. The predicted octanol–water partition coefficient (Wildman–Crippen LogP) is 6.30. The quantitative estimate of drug-likeness (QED) is 0.337. The number of halogens is 1. The number of aliphatic carboxylic acids is 1. The van der Waals surface area contributed by atoms with Crippen molar-refractivity contribution in [2.75, 3.05) is 6.61 Å². The van der Waals surface area contributed by atoms with E-state index < -0.39 is 12.6 Å². The van der Waals surface area contributed by atoms with Crippen LogP contribution in [0.4, 0.5) is 4.39 Å². The molecule has 0 aliphatic carbocycles. The molecule has 0 amide bonds. The molecule has 5 nitrogen and oxygen atoms in total. The third-order valence-electron chi connectivity index (χ3n) is 5.69. The zero-order valence-electron chi connectivity index (χ0n) is 19.5. The Hall–Kier alpha value is -3.93. The van der Waals surface area contributed by atoms with Crippen molar-refractivity contribution >= 4 is 5.97 Å². The molecule has 4 aromatic rings. The van der Waals surface area contributed by atoms with E-state index in [1.807, 2.05) is 54.1 Å². The monoisotopic (exact) mass is 458 g/mol. The van der Waals surface area contributed by atoms with Crippen LogP contribution in [0.3, 0.4) is 0 Å². The molecule has 6 heteroatoms. The highest BCUT2D eigenvalue weighted by molar-refractivity contribution is 5.77. The summed E-state index contributed by atoms with van der Waals surface area (Å²) in [5.41, 5.74) is 6.17. The Morgan fingerprint density at radius 2 is 1.76 bits per heavy atom. The number of aromatic nitrogens is 2. The molecule has 0 saturated carbocycles. The van der Waals surface area contributed by atoms with Gasteiger partial charge in [-0.3, -0.25) is 4.68 Å². The summed E-state index contributed by atoms with van der Waals surface area (Å²) in [7, 11) is 0. The Bertz CT molecular complexity index is 1300. The molecule has 1 aromatic heterocycles. The molecule has 0 aliphatic rings. The van der Waals surface area contributed by atoms with Gasteiger partial charge in [0, 0.05) is 11.1 Å². The van der Waals surface area contributed by atoms with Crippen molar-refractivity contribution in [1.82, 2.24) is 9.78 Å². The first kappa shape index (κ1) is 23.2. The van der Waals surface area contributed by atoms with Crippen LogP contribution < -0.4 is 4.74 Å². The van der Waals surface area contributed by atoms with Gasteiger partial charge in [-0.2, -0.15) is 5.10 Å². The van der Waals surface area contributed by atoms with Crippen molar-refractivity contribution in [3.63, 3.8) is 0 Å². The van der Waals surface area contributed by atoms with Crippen molar-refractivity contribution in [3.8, 4) is 28.3 Å². The van der Waals surface area contributed by atoms with E-state index in [-0.39, 0.29) is 11.7 Å². The van der Waals surface area contributed by atoms with Gasteiger partial charge in [0.25, 0.3) is 0 Å². The summed E-state index contributed by atoms with van der Waals surface area (Å²) >= 11 is 0. The average Bonchev–Trinajstić information content (AvgIpc) is 3.21. The maximum Gasteiger partial charge on any atom is 0.341 e. The highest BCUT2D eigenvalue weighted by Crippen LogP contribution is 2.37. The summed E-state index contributed by atoms with van der Waals surface area (Å²) in [5.74, 6) is -0.603. The van der Waals surface area contributed by atoms with Gasteiger partial charge in [0.1, 0.15) is 11.6 Å². The topological polar surface area (TPSA) is 64.3 Å². The third-order valence-corrected chi connectivity index (χ3v) is 5.69. The first-order valence-electron chi connectivity index (χ1n) is 11.2. The number of ether oxygens (including phenoxy) is 1. The van der Waals surface area contributed by atoms with E-state index in [4.69, 9.17) is 9.84 Å². The fourth-order valence-electron chi connectivity index (χ4n) is 3.97. The van der Waals surface area contributed by atoms with E-state index in [0.29, 0.717) is 18.0 Å². The van der Waals surface area contributed by atoms with Crippen molar-refractivity contribution in [3.05, 3.63) is 95.3 Å². The number of hydrogen-bond acceptors (Lipinski definition) is 3. The zero-order chi connectivity index (χ0) is 24.2. The van der Waals surface area contributed by atoms with Crippen molar-refractivity contribution < 1.29 is 19.0 Å². The van der Waals surface area contributed by atoms with E-state index in [1.54, 1.807) is 12.1 Å². The molecule has 34 heavy (non-hydrogen) atoms. The number of carboxylic acids is 1. The van der Waals surface area contributed by atoms with Gasteiger partial charge in [-0.25, -0.2) is 9.18 Å². The molecule has 0 fully saturated rings. The number of carbonyl (C=O) groups is 1. The summed E-state index contributed by atoms with van der Waals surface area (Å²) in [6.45, 7) is 6.22. The summed E-state index contributed by atoms with van der Waals surface area (Å²) < 4.78 is 21.2. The van der Waals surface area contributed by atoms with Crippen LogP contribution in [0.1, 0.15) is 36.5 Å². The minimum absolute atomic E-state index is 0.255. The second-order valence-electron chi connectivity index (χ2n) is 8.61. The maximum atomic E-state index is 13.6. The van der Waals surface area contributed by atoms with E-state index in [2.05, 4.69) is 19.9 Å². The molecule has 0 bridgehead atoms. The zero-order valence-corrected chi connectivity index (χ0v) is 19.5. The molecule has 0 radical (unpaired) electrons. The van der Waals surface area contributed by atoms with Crippen molar-refractivity contribution in [1.29, 1.82) is 0 Å². The second-order valence-corrected chi connectivity index (χ2v) is 8.61. The normalized spacial score (nSPS) is 11.1. The van der Waals surface area contributed by atoms with Gasteiger partial charge in [0.2, 0.25) is 0 Å². The number of nitrogens with zero attached hydrogens (tertiary/aromatic N) is 2. The molecule has 174 valence electrons. The van der Waals surface area contributed by atoms with Gasteiger partial charge in [-0.1, -0.05) is 50.2 Å². The Morgan fingerprint density at radius 3 is 2.41 bits per heavy atom. The van der Waals surface area contributed by atoms with Crippen LogP contribution in [-0.4, -0.2) is 27.5 Å². The molecule has 0 saturated heterocycles. The van der Waals surface area contributed by atoms with Crippen molar-refractivity contribution in [2.45, 2.75) is 33.2 Å². The number of aryl methyl sites for hydroxylation is 1. The van der Waals surface area contributed by atoms with E-state index in [0.717, 1.165) is 33.5 Å². The summed E-state index contributed by atoms with van der Waals surface area (Å²) in [5, 5.41) is 14.1. The largest absolute Gasteiger partial charge is 0.481 e. The van der Waals surface area contributed by atoms with Gasteiger partial charge in [-0.05, 0) is 65.9 Å². The van der Waals surface area contributed by atoms with Gasteiger partial charge in [-0.15, -0.1) is 0 Å². The Morgan fingerprint density at radius 1 is 1.06 bits per heavy atom. The van der Waals surface area contributed by atoms with Crippen LogP contribution in [0.15, 0.2) is 72.8 Å². The van der Waals surface area contributed by atoms with Crippen LogP contribution >= 0.6 is 0 Å². The number of rotatable bonds is 8. The molecular weight excluding hydrogens is 431 g/mol. The fraction of sp³-hybridized carbons (Fsp3) is 0.214. The fourth-order valence-corrected chi connectivity index (χ4v) is 3.97. The lowest BCUT2D eigenvalue weighted by Gasteiger charge is -2.15. The highest BCUT2D eigenvalue weighted by Gasteiger charge is 2.20. The minimum atomic E-state index is -1.04. The van der Waals surface area contributed by atoms with Gasteiger partial charge in [0.15, 0.2) is 6.61 Å². The van der Waals surface area contributed by atoms with Gasteiger partial charge >= 0.3 is 5.97 Å². The van der Waals surface area contributed by atoms with Gasteiger partial charge in [0.05, 0.1) is 17.9 Å². The Kier molecular flexibility index (Phi) is 6.77. The summed E-state index contributed by atoms with van der Waals surface area (Å²) in [6.07, 6.45) is 0. The van der Waals surface area contributed by atoms with Gasteiger partial charge < -0.3 is 9.84 Å². The predicted molar refractivity (Wildman–Crippen MR) is 131 cm³/mol. The molecule has 3 aromatic carbocycles. The number of hydrogen-bond donors (Lipinski definition) is 1. The number of benzene rings is 3. The second kappa shape index (κ2) is 9.91. The lowest BCUT2D eigenvalue weighted by atomic mass is 9.95. The van der Waals surface area contributed by atoms with E-state index >= 15 is 0 Å². The molecule has 1 heterocycles. The van der Waals surface area contributed by atoms with Crippen LogP contribution in [0.2, 0.25) is 0 Å². The van der Waals surface area contributed by atoms with Crippen molar-refractivity contribution in [2.24, 2.45) is 0 Å². The smallest absolute Gasteiger partial charge is 0.341 e. The van der Waals surface area contributed by atoms with E-state index in [1.165, 1.54) is 12.1 Å². The lowest BCUT2D eigenvalue weighted by Crippen LogP contribution is -2.11.